The van der Waals surface area contributed by atoms with Crippen LogP contribution in [0.4, 0.5) is 13.2 Å². The van der Waals surface area contributed by atoms with Crippen molar-refractivity contribution >= 4 is 23.8 Å². The number of halogens is 4. The molecule has 2 aromatic carbocycles. The summed E-state index contributed by atoms with van der Waals surface area (Å²) in [5, 5.41) is 16.1. The number of aromatic hydroxyl groups is 1. The number of alkyl halides is 3. The van der Waals surface area contributed by atoms with Crippen LogP contribution in [0.3, 0.4) is 0 Å². The second kappa shape index (κ2) is 6.60. The summed E-state index contributed by atoms with van der Waals surface area (Å²) in [4.78, 5) is 4.18. The molecule has 0 bridgehead atoms. The van der Waals surface area contributed by atoms with Gasteiger partial charge in [0.15, 0.2) is 5.82 Å². The van der Waals surface area contributed by atoms with Crippen molar-refractivity contribution in [2.75, 3.05) is 0 Å². The third-order valence-electron chi connectivity index (χ3n) is 3.38. The molecule has 0 amide bonds. The Morgan fingerprint density at radius 2 is 1.84 bits per heavy atom. The smallest absolute Gasteiger partial charge is 0.417 e. The van der Waals surface area contributed by atoms with Gasteiger partial charge in [-0.05, 0) is 35.9 Å². The number of aromatic amines is 1. The average molecular weight is 366 g/mol. The lowest BCUT2D eigenvalue weighted by Gasteiger charge is -2.09. The van der Waals surface area contributed by atoms with Crippen molar-refractivity contribution in [1.82, 2.24) is 15.2 Å². The van der Waals surface area contributed by atoms with E-state index in [0.29, 0.717) is 17.0 Å². The summed E-state index contributed by atoms with van der Waals surface area (Å²) in [6.07, 6.45) is -1.58. The number of benzene rings is 2. The summed E-state index contributed by atoms with van der Waals surface area (Å²) in [6.45, 7) is 0. The number of phenols is 1. The van der Waals surface area contributed by atoms with Crippen molar-refractivity contribution in [3.05, 3.63) is 64.4 Å². The minimum absolute atomic E-state index is 0.0320. The minimum atomic E-state index is -4.52. The van der Waals surface area contributed by atoms with Gasteiger partial charge in [-0.3, -0.25) is 5.10 Å². The molecule has 8 heteroatoms. The normalized spacial score (nSPS) is 12.0. The average Bonchev–Trinajstić information content (AvgIpc) is 3.02. The Morgan fingerprint density at radius 1 is 1.08 bits per heavy atom. The summed E-state index contributed by atoms with van der Waals surface area (Å²) >= 11 is 5.59. The van der Waals surface area contributed by atoms with Crippen molar-refractivity contribution in [3.63, 3.8) is 0 Å². The van der Waals surface area contributed by atoms with Crippen LogP contribution in [-0.2, 0) is 6.18 Å². The summed E-state index contributed by atoms with van der Waals surface area (Å²) in [5.41, 5.74) is -0.134. The Balaban J connectivity index is 1.85. The molecule has 0 radical (unpaired) electrons. The Kier molecular flexibility index (Phi) is 4.50. The maximum Gasteiger partial charge on any atom is 0.417 e. The predicted molar refractivity (Wildman–Crippen MR) is 88.9 cm³/mol. The first-order chi connectivity index (χ1) is 11.8. The second-order valence-electron chi connectivity index (χ2n) is 5.13. The van der Waals surface area contributed by atoms with Gasteiger partial charge in [-0.2, -0.15) is 18.3 Å². The number of hydrogen-bond acceptors (Lipinski definition) is 3. The van der Waals surface area contributed by atoms with E-state index < -0.39 is 11.7 Å². The SMILES string of the molecule is Oc1ccccc1-c1n[nH]c(/C=C/c2ccc(Cl)c(C(F)(F)F)c2)n1. The van der Waals surface area contributed by atoms with E-state index in [2.05, 4.69) is 15.2 Å². The zero-order valence-electron chi connectivity index (χ0n) is 12.5. The van der Waals surface area contributed by atoms with E-state index in [1.165, 1.54) is 30.4 Å². The molecule has 0 aliphatic heterocycles. The third-order valence-corrected chi connectivity index (χ3v) is 3.71. The number of nitrogens with one attached hydrogen (secondary N) is 1. The van der Waals surface area contributed by atoms with Gasteiger partial charge in [0, 0.05) is 0 Å². The molecule has 128 valence electrons. The first-order valence-electron chi connectivity index (χ1n) is 7.10. The number of hydrogen-bond donors (Lipinski definition) is 2. The van der Waals surface area contributed by atoms with E-state index in [-0.39, 0.29) is 16.6 Å². The van der Waals surface area contributed by atoms with Crippen LogP contribution in [0, 0.1) is 0 Å². The number of aromatic nitrogens is 3. The number of phenolic OH excluding ortho intramolecular Hbond substituents is 1. The first-order valence-corrected chi connectivity index (χ1v) is 7.48. The van der Waals surface area contributed by atoms with E-state index in [1.807, 2.05) is 0 Å². The molecule has 0 spiro atoms. The molecule has 0 fully saturated rings. The van der Waals surface area contributed by atoms with Gasteiger partial charge in [0.05, 0.1) is 16.1 Å². The molecule has 0 aliphatic carbocycles. The lowest BCUT2D eigenvalue weighted by molar-refractivity contribution is -0.137. The van der Waals surface area contributed by atoms with Gasteiger partial charge in [0.25, 0.3) is 0 Å². The molecular weight excluding hydrogens is 355 g/mol. The highest BCUT2D eigenvalue weighted by atomic mass is 35.5. The van der Waals surface area contributed by atoms with Crippen molar-refractivity contribution in [2.24, 2.45) is 0 Å². The first kappa shape index (κ1) is 17.0. The highest BCUT2D eigenvalue weighted by molar-refractivity contribution is 6.31. The Labute approximate surface area is 145 Å². The summed E-state index contributed by atoms with van der Waals surface area (Å²) < 4.78 is 38.6. The van der Waals surface area contributed by atoms with Gasteiger partial charge in [-0.1, -0.05) is 35.9 Å². The molecule has 1 heterocycles. The Hall–Kier alpha value is -2.80. The van der Waals surface area contributed by atoms with Crippen molar-refractivity contribution in [2.45, 2.75) is 6.18 Å². The maximum absolute atomic E-state index is 12.9. The third kappa shape index (κ3) is 3.83. The molecule has 3 rings (SSSR count). The Morgan fingerprint density at radius 3 is 2.56 bits per heavy atom. The molecule has 25 heavy (non-hydrogen) atoms. The molecule has 1 aromatic heterocycles. The van der Waals surface area contributed by atoms with Crippen LogP contribution >= 0.6 is 11.6 Å². The van der Waals surface area contributed by atoms with Gasteiger partial charge in [-0.25, -0.2) is 4.98 Å². The van der Waals surface area contributed by atoms with Gasteiger partial charge in [0.1, 0.15) is 11.6 Å². The van der Waals surface area contributed by atoms with Gasteiger partial charge < -0.3 is 5.11 Å². The predicted octanol–water partition coefficient (Wildman–Crippen LogP) is 5.02. The molecule has 0 saturated heterocycles. The summed E-state index contributed by atoms with van der Waals surface area (Å²) in [7, 11) is 0. The molecule has 0 unspecified atom stereocenters. The quantitative estimate of drug-likeness (QED) is 0.685. The van der Waals surface area contributed by atoms with E-state index in [1.54, 1.807) is 18.2 Å². The fourth-order valence-electron chi connectivity index (χ4n) is 2.17. The van der Waals surface area contributed by atoms with Gasteiger partial charge >= 0.3 is 6.18 Å². The van der Waals surface area contributed by atoms with Gasteiger partial charge in [-0.15, -0.1) is 0 Å². The molecule has 0 atom stereocenters. The highest BCUT2D eigenvalue weighted by Crippen LogP contribution is 2.35. The minimum Gasteiger partial charge on any atom is -0.507 e. The van der Waals surface area contributed by atoms with E-state index in [9.17, 15) is 18.3 Å². The molecular formula is C17H11ClF3N3O. The van der Waals surface area contributed by atoms with Crippen molar-refractivity contribution < 1.29 is 18.3 Å². The van der Waals surface area contributed by atoms with E-state index in [4.69, 9.17) is 11.6 Å². The molecule has 3 aromatic rings. The number of H-pyrrole nitrogens is 1. The standard InChI is InChI=1S/C17H11ClF3N3O/c18-13-7-5-10(9-12(13)17(19,20)21)6-8-15-22-16(24-23-15)11-3-1-2-4-14(11)25/h1-9,25H,(H,22,23,24)/b8-6+. The number of para-hydroxylation sites is 1. The second-order valence-corrected chi connectivity index (χ2v) is 5.54. The molecule has 2 N–H and O–H groups in total. The zero-order chi connectivity index (χ0) is 18.0. The van der Waals surface area contributed by atoms with Crippen LogP contribution in [0.25, 0.3) is 23.5 Å². The van der Waals surface area contributed by atoms with Crippen molar-refractivity contribution in [1.29, 1.82) is 0 Å². The summed E-state index contributed by atoms with van der Waals surface area (Å²) in [5.74, 6) is 0.649. The molecule has 0 saturated carbocycles. The topological polar surface area (TPSA) is 61.8 Å². The van der Waals surface area contributed by atoms with Crippen molar-refractivity contribution in [3.8, 4) is 17.1 Å². The summed E-state index contributed by atoms with van der Waals surface area (Å²) in [6, 6.07) is 10.2. The monoisotopic (exact) mass is 365 g/mol. The van der Waals surface area contributed by atoms with Crippen LogP contribution < -0.4 is 0 Å². The van der Waals surface area contributed by atoms with E-state index >= 15 is 0 Å². The Bertz CT molecular complexity index is 935. The molecule has 0 aliphatic rings. The zero-order valence-corrected chi connectivity index (χ0v) is 13.3. The lowest BCUT2D eigenvalue weighted by Crippen LogP contribution is -2.05. The lowest BCUT2D eigenvalue weighted by atomic mass is 10.1. The fourth-order valence-corrected chi connectivity index (χ4v) is 2.40. The van der Waals surface area contributed by atoms with Crippen LogP contribution in [0.5, 0.6) is 5.75 Å². The highest BCUT2D eigenvalue weighted by Gasteiger charge is 2.33. The van der Waals surface area contributed by atoms with E-state index in [0.717, 1.165) is 6.07 Å². The van der Waals surface area contributed by atoms with Crippen LogP contribution in [0.15, 0.2) is 42.5 Å². The van der Waals surface area contributed by atoms with Crippen LogP contribution in [0.2, 0.25) is 5.02 Å². The molecule has 4 nitrogen and oxygen atoms in total. The number of rotatable bonds is 3. The largest absolute Gasteiger partial charge is 0.507 e. The maximum atomic E-state index is 12.9. The van der Waals surface area contributed by atoms with Crippen LogP contribution in [-0.4, -0.2) is 20.3 Å². The van der Waals surface area contributed by atoms with Gasteiger partial charge in [0.2, 0.25) is 0 Å². The fraction of sp³-hybridized carbons (Fsp3) is 0.0588. The number of nitrogens with zero attached hydrogens (tertiary/aromatic N) is 2. The van der Waals surface area contributed by atoms with Crippen LogP contribution in [0.1, 0.15) is 17.0 Å².